The van der Waals surface area contributed by atoms with Gasteiger partial charge < -0.3 is 10.2 Å². The Morgan fingerprint density at radius 1 is 1.14 bits per heavy atom. The second kappa shape index (κ2) is 8.45. The van der Waals surface area contributed by atoms with Crippen LogP contribution in [-0.2, 0) is 11.0 Å². The van der Waals surface area contributed by atoms with Crippen molar-refractivity contribution in [3.05, 3.63) is 64.2 Å². The third kappa shape index (κ3) is 5.09. The van der Waals surface area contributed by atoms with Crippen molar-refractivity contribution in [3.8, 4) is 0 Å². The van der Waals surface area contributed by atoms with E-state index in [1.807, 2.05) is 0 Å². The number of benzene rings is 2. The normalized spacial score (nSPS) is 17.1. The molecule has 154 valence electrons. The van der Waals surface area contributed by atoms with Crippen LogP contribution < -0.4 is 5.32 Å². The van der Waals surface area contributed by atoms with E-state index < -0.39 is 23.6 Å². The number of nitrogens with one attached hydrogen (secondary N) is 1. The van der Waals surface area contributed by atoms with Crippen LogP contribution in [0.4, 0.5) is 18.9 Å². The van der Waals surface area contributed by atoms with Gasteiger partial charge in [0.2, 0.25) is 5.91 Å². The number of anilines is 1. The Kier molecular flexibility index (Phi) is 6.17. The van der Waals surface area contributed by atoms with Crippen LogP contribution in [0.5, 0.6) is 0 Å². The third-order valence-electron chi connectivity index (χ3n) is 4.98. The molecule has 0 spiro atoms. The van der Waals surface area contributed by atoms with Gasteiger partial charge in [-0.3, -0.25) is 9.59 Å². The lowest BCUT2D eigenvalue weighted by Crippen LogP contribution is -2.43. The summed E-state index contributed by atoms with van der Waals surface area (Å²) in [5, 5.41) is 3.09. The second-order valence-corrected chi connectivity index (χ2v) is 7.55. The van der Waals surface area contributed by atoms with Crippen molar-refractivity contribution in [3.63, 3.8) is 0 Å². The molecule has 3 rings (SSSR count). The minimum atomic E-state index is -4.49. The van der Waals surface area contributed by atoms with Gasteiger partial charge in [-0.25, -0.2) is 0 Å². The number of piperidine rings is 1. The first-order chi connectivity index (χ1) is 13.6. The monoisotopic (exact) mass is 424 g/mol. The summed E-state index contributed by atoms with van der Waals surface area (Å²) in [4.78, 5) is 26.9. The molecule has 0 bridgehead atoms. The minimum Gasteiger partial charge on any atom is -0.338 e. The van der Waals surface area contributed by atoms with Crippen LogP contribution in [-0.4, -0.2) is 29.8 Å². The van der Waals surface area contributed by atoms with E-state index in [1.54, 1.807) is 29.2 Å². The SMILES string of the molecule is Cc1ccc(NC(=O)C2CCCN(C(=O)c3ccc(Cl)cc3)C2)cc1C(F)(F)F. The maximum absolute atomic E-state index is 13.1. The van der Waals surface area contributed by atoms with E-state index in [0.29, 0.717) is 30.0 Å². The van der Waals surface area contributed by atoms with Gasteiger partial charge in [-0.2, -0.15) is 13.2 Å². The number of aryl methyl sites for hydroxylation is 1. The molecule has 1 aliphatic heterocycles. The van der Waals surface area contributed by atoms with Crippen molar-refractivity contribution in [2.75, 3.05) is 18.4 Å². The maximum Gasteiger partial charge on any atom is 0.416 e. The molecule has 1 unspecified atom stereocenters. The molecule has 1 N–H and O–H groups in total. The van der Waals surface area contributed by atoms with Crippen LogP contribution in [0.3, 0.4) is 0 Å². The van der Waals surface area contributed by atoms with Crippen LogP contribution in [0.25, 0.3) is 0 Å². The Morgan fingerprint density at radius 3 is 2.48 bits per heavy atom. The van der Waals surface area contributed by atoms with Crippen molar-refractivity contribution in [2.24, 2.45) is 5.92 Å². The first-order valence-electron chi connectivity index (χ1n) is 9.18. The van der Waals surface area contributed by atoms with Gasteiger partial charge in [0.15, 0.2) is 0 Å². The topological polar surface area (TPSA) is 49.4 Å². The first kappa shape index (κ1) is 21.2. The van der Waals surface area contributed by atoms with Crippen LogP contribution >= 0.6 is 11.6 Å². The summed E-state index contributed by atoms with van der Waals surface area (Å²) in [7, 11) is 0. The minimum absolute atomic E-state index is 0.0906. The summed E-state index contributed by atoms with van der Waals surface area (Å²) < 4.78 is 39.2. The third-order valence-corrected chi connectivity index (χ3v) is 5.23. The highest BCUT2D eigenvalue weighted by Gasteiger charge is 2.33. The molecule has 2 aromatic carbocycles. The molecule has 1 fully saturated rings. The summed E-state index contributed by atoms with van der Waals surface area (Å²) in [6, 6.07) is 10.2. The van der Waals surface area contributed by atoms with E-state index in [-0.39, 0.29) is 23.7 Å². The number of amides is 2. The lowest BCUT2D eigenvalue weighted by atomic mass is 9.96. The Balaban J connectivity index is 1.68. The van der Waals surface area contributed by atoms with Crippen molar-refractivity contribution in [1.29, 1.82) is 0 Å². The quantitative estimate of drug-likeness (QED) is 0.740. The predicted molar refractivity (Wildman–Crippen MR) is 105 cm³/mol. The van der Waals surface area contributed by atoms with Gasteiger partial charge in [-0.05, 0) is 61.7 Å². The number of rotatable bonds is 3. The molecule has 0 aliphatic carbocycles. The van der Waals surface area contributed by atoms with Gasteiger partial charge in [-0.15, -0.1) is 0 Å². The molecule has 29 heavy (non-hydrogen) atoms. The number of likely N-dealkylation sites (tertiary alicyclic amines) is 1. The number of hydrogen-bond donors (Lipinski definition) is 1. The molecule has 0 saturated carbocycles. The van der Waals surface area contributed by atoms with Crippen molar-refractivity contribution < 1.29 is 22.8 Å². The zero-order valence-electron chi connectivity index (χ0n) is 15.7. The highest BCUT2D eigenvalue weighted by atomic mass is 35.5. The van der Waals surface area contributed by atoms with E-state index in [0.717, 1.165) is 6.07 Å². The van der Waals surface area contributed by atoms with Crippen LogP contribution in [0.15, 0.2) is 42.5 Å². The molecular formula is C21H20ClF3N2O2. The fourth-order valence-electron chi connectivity index (χ4n) is 3.40. The lowest BCUT2D eigenvalue weighted by Gasteiger charge is -2.32. The van der Waals surface area contributed by atoms with Crippen LogP contribution in [0, 0.1) is 12.8 Å². The zero-order chi connectivity index (χ0) is 21.2. The number of hydrogen-bond acceptors (Lipinski definition) is 2. The van der Waals surface area contributed by atoms with Crippen molar-refractivity contribution >= 4 is 29.1 Å². The lowest BCUT2D eigenvalue weighted by molar-refractivity contribution is -0.138. The molecule has 8 heteroatoms. The second-order valence-electron chi connectivity index (χ2n) is 7.11. The van der Waals surface area contributed by atoms with E-state index in [1.165, 1.54) is 19.1 Å². The number of carbonyl (C=O) groups excluding carboxylic acids is 2. The van der Waals surface area contributed by atoms with Crippen LogP contribution in [0.2, 0.25) is 5.02 Å². The smallest absolute Gasteiger partial charge is 0.338 e. The molecule has 2 amide bonds. The molecule has 1 atom stereocenters. The molecule has 0 radical (unpaired) electrons. The molecular weight excluding hydrogens is 405 g/mol. The summed E-state index contributed by atoms with van der Waals surface area (Å²) in [5.41, 5.74) is -0.121. The van der Waals surface area contributed by atoms with Crippen molar-refractivity contribution in [1.82, 2.24) is 4.90 Å². The molecule has 1 aliphatic rings. The van der Waals surface area contributed by atoms with Crippen molar-refractivity contribution in [2.45, 2.75) is 25.9 Å². The summed E-state index contributed by atoms with van der Waals surface area (Å²) in [5.74, 6) is -1.08. The highest BCUT2D eigenvalue weighted by molar-refractivity contribution is 6.30. The molecule has 1 heterocycles. The van der Waals surface area contributed by atoms with Gasteiger partial charge in [0.05, 0.1) is 11.5 Å². The van der Waals surface area contributed by atoms with Gasteiger partial charge in [0.25, 0.3) is 5.91 Å². The fourth-order valence-corrected chi connectivity index (χ4v) is 3.53. The zero-order valence-corrected chi connectivity index (χ0v) is 16.5. The molecule has 1 saturated heterocycles. The van der Waals surface area contributed by atoms with Gasteiger partial charge in [0.1, 0.15) is 0 Å². The average molecular weight is 425 g/mol. The average Bonchev–Trinajstić information content (AvgIpc) is 2.68. The van der Waals surface area contributed by atoms with Gasteiger partial charge in [-0.1, -0.05) is 17.7 Å². The summed E-state index contributed by atoms with van der Waals surface area (Å²) in [6.45, 7) is 2.11. The fraction of sp³-hybridized carbons (Fsp3) is 0.333. The summed E-state index contributed by atoms with van der Waals surface area (Å²) in [6.07, 6.45) is -3.29. The van der Waals surface area contributed by atoms with E-state index >= 15 is 0 Å². The standard InChI is InChI=1S/C21H20ClF3N2O2/c1-13-4-9-17(11-18(13)21(23,24)25)26-19(28)15-3-2-10-27(12-15)20(29)14-5-7-16(22)8-6-14/h4-9,11,15H,2-3,10,12H2,1H3,(H,26,28). The van der Waals surface area contributed by atoms with Gasteiger partial charge >= 0.3 is 6.18 Å². The highest BCUT2D eigenvalue weighted by Crippen LogP contribution is 2.33. The summed E-state index contributed by atoms with van der Waals surface area (Å²) >= 11 is 5.84. The van der Waals surface area contributed by atoms with E-state index in [9.17, 15) is 22.8 Å². The Hall–Kier alpha value is -2.54. The Labute approximate surface area is 171 Å². The molecule has 2 aromatic rings. The Bertz CT molecular complexity index is 913. The Morgan fingerprint density at radius 2 is 1.83 bits per heavy atom. The number of halogens is 4. The molecule has 0 aromatic heterocycles. The van der Waals surface area contributed by atoms with E-state index in [2.05, 4.69) is 5.32 Å². The van der Waals surface area contributed by atoms with Crippen LogP contribution in [0.1, 0.15) is 34.3 Å². The first-order valence-corrected chi connectivity index (χ1v) is 9.56. The number of nitrogens with zero attached hydrogens (tertiary/aromatic N) is 1. The largest absolute Gasteiger partial charge is 0.416 e. The molecule has 4 nitrogen and oxygen atoms in total. The van der Waals surface area contributed by atoms with Gasteiger partial charge in [0, 0.05) is 29.4 Å². The number of alkyl halides is 3. The maximum atomic E-state index is 13.1. The predicted octanol–water partition coefficient (Wildman–Crippen LogP) is 5.16. The van der Waals surface area contributed by atoms with E-state index in [4.69, 9.17) is 11.6 Å². The number of carbonyl (C=O) groups is 2.